The Morgan fingerprint density at radius 2 is 2.17 bits per heavy atom. The fraction of sp³-hybridized carbons (Fsp3) is 0.538. The van der Waals surface area contributed by atoms with E-state index in [9.17, 15) is 4.79 Å². The number of aliphatic hydroxyl groups is 1. The van der Waals surface area contributed by atoms with Gasteiger partial charge in [0.15, 0.2) is 5.76 Å². The molecule has 1 aromatic heterocycles. The maximum absolute atomic E-state index is 10.7. The molecular weight excluding hydrogens is 232 g/mol. The summed E-state index contributed by atoms with van der Waals surface area (Å²) in [5.74, 6) is 1.28. The van der Waals surface area contributed by atoms with E-state index in [0.29, 0.717) is 12.5 Å². The van der Waals surface area contributed by atoms with Gasteiger partial charge in [0.05, 0.1) is 12.2 Å². The molecule has 1 aliphatic rings. The molecule has 1 aromatic rings. The van der Waals surface area contributed by atoms with E-state index in [0.717, 1.165) is 18.6 Å². The zero-order valence-corrected chi connectivity index (χ0v) is 10.8. The molecule has 0 bridgehead atoms. The fourth-order valence-corrected chi connectivity index (χ4v) is 1.52. The first-order chi connectivity index (χ1) is 8.75. The molecule has 5 nitrogen and oxygen atoms in total. The van der Waals surface area contributed by atoms with E-state index in [4.69, 9.17) is 9.63 Å². The molecule has 1 fully saturated rings. The molecule has 2 rings (SSSR count). The van der Waals surface area contributed by atoms with Gasteiger partial charge in [0.2, 0.25) is 5.91 Å². The second-order valence-electron chi connectivity index (χ2n) is 3.76. The third kappa shape index (κ3) is 5.02. The summed E-state index contributed by atoms with van der Waals surface area (Å²) < 4.78 is 5.11. The summed E-state index contributed by atoms with van der Waals surface area (Å²) in [7, 11) is 1.00. The molecule has 2 N–H and O–H groups in total. The monoisotopic (exact) mass is 252 g/mol. The number of carbonyl (C=O) groups is 1. The molecule has 0 saturated heterocycles. The first-order valence-electron chi connectivity index (χ1n) is 5.73. The molecule has 1 aliphatic carbocycles. The highest BCUT2D eigenvalue weighted by molar-refractivity contribution is 5.72. The van der Waals surface area contributed by atoms with Gasteiger partial charge < -0.3 is 14.9 Å². The minimum absolute atomic E-state index is 0.0494. The molecular formula is C13H20N2O3. The van der Waals surface area contributed by atoms with Gasteiger partial charge in [-0.1, -0.05) is 11.6 Å². The van der Waals surface area contributed by atoms with Crippen LogP contribution in [0.5, 0.6) is 0 Å². The van der Waals surface area contributed by atoms with Crippen LogP contribution in [0.2, 0.25) is 0 Å². The highest BCUT2D eigenvalue weighted by Crippen LogP contribution is 2.35. The van der Waals surface area contributed by atoms with Crippen LogP contribution in [0.25, 0.3) is 0 Å². The van der Waals surface area contributed by atoms with Crippen molar-refractivity contribution in [3.63, 3.8) is 0 Å². The topological polar surface area (TPSA) is 75.4 Å². The molecule has 18 heavy (non-hydrogen) atoms. The lowest BCUT2D eigenvalue weighted by molar-refractivity contribution is -0.119. The third-order valence-electron chi connectivity index (χ3n) is 2.61. The Bertz CT molecular complexity index is 367. The van der Waals surface area contributed by atoms with E-state index in [1.807, 2.05) is 6.07 Å². The third-order valence-corrected chi connectivity index (χ3v) is 2.61. The van der Waals surface area contributed by atoms with Crippen LogP contribution in [0.3, 0.4) is 0 Å². The van der Waals surface area contributed by atoms with Gasteiger partial charge >= 0.3 is 0 Å². The largest absolute Gasteiger partial charge is 0.400 e. The van der Waals surface area contributed by atoms with Crippen molar-refractivity contribution in [3.8, 4) is 12.8 Å². The Hall–Kier alpha value is -1.80. The quantitative estimate of drug-likeness (QED) is 0.798. The van der Waals surface area contributed by atoms with Crippen LogP contribution in [0.15, 0.2) is 10.6 Å². The van der Waals surface area contributed by atoms with Crippen LogP contribution in [0.4, 0.5) is 0 Å². The Morgan fingerprint density at radius 1 is 1.56 bits per heavy atom. The van der Waals surface area contributed by atoms with E-state index < -0.39 is 0 Å². The van der Waals surface area contributed by atoms with Crippen LogP contribution < -0.4 is 5.32 Å². The average molecular weight is 252 g/mol. The van der Waals surface area contributed by atoms with Gasteiger partial charge in [0, 0.05) is 26.0 Å². The Balaban J connectivity index is 0.000000659. The highest BCUT2D eigenvalue weighted by atomic mass is 16.5. The predicted octanol–water partition coefficient (Wildman–Crippen LogP) is 1.44. The maximum Gasteiger partial charge on any atom is 0.217 e. The van der Waals surface area contributed by atoms with Gasteiger partial charge in [-0.2, -0.15) is 0 Å². The minimum Gasteiger partial charge on any atom is -0.400 e. The normalized spacial score (nSPS) is 13.2. The Morgan fingerprint density at radius 3 is 2.61 bits per heavy atom. The molecule has 5 heteroatoms. The van der Waals surface area contributed by atoms with Crippen LogP contribution in [0, 0.1) is 12.8 Å². The van der Waals surface area contributed by atoms with Crippen LogP contribution in [0.1, 0.15) is 43.6 Å². The van der Waals surface area contributed by atoms with Crippen molar-refractivity contribution < 1.29 is 14.4 Å². The van der Waals surface area contributed by atoms with E-state index in [-0.39, 0.29) is 5.91 Å². The molecule has 0 radical (unpaired) electrons. The van der Waals surface area contributed by atoms with Gasteiger partial charge in [-0.05, 0) is 12.8 Å². The summed E-state index contributed by atoms with van der Waals surface area (Å²) in [6.07, 6.45) is 11.7. The van der Waals surface area contributed by atoms with Crippen LogP contribution in [-0.4, -0.2) is 23.3 Å². The van der Waals surface area contributed by atoms with Crippen molar-refractivity contribution in [2.24, 2.45) is 0 Å². The molecule has 0 atom stereocenters. The summed E-state index contributed by atoms with van der Waals surface area (Å²) in [4.78, 5) is 10.7. The number of carbonyl (C=O) groups excluding carboxylic acids is 1. The van der Waals surface area contributed by atoms with E-state index in [2.05, 4.69) is 23.3 Å². The van der Waals surface area contributed by atoms with Crippen molar-refractivity contribution in [2.75, 3.05) is 7.11 Å². The number of nitrogens with one attached hydrogen (secondary N) is 1. The zero-order chi connectivity index (χ0) is 14.0. The average Bonchev–Trinajstić information content (AvgIpc) is 2.78. The number of aromatic nitrogens is 1. The molecule has 0 aromatic carbocycles. The van der Waals surface area contributed by atoms with Crippen molar-refractivity contribution in [1.29, 1.82) is 0 Å². The van der Waals surface area contributed by atoms with Gasteiger partial charge in [-0.15, -0.1) is 12.8 Å². The van der Waals surface area contributed by atoms with E-state index >= 15 is 0 Å². The number of nitrogens with zero attached hydrogens (tertiary/aromatic N) is 1. The smallest absolute Gasteiger partial charge is 0.217 e. The summed E-state index contributed by atoms with van der Waals surface area (Å²) in [6.45, 7) is 1.93. The van der Waals surface area contributed by atoms with Crippen molar-refractivity contribution in [1.82, 2.24) is 10.5 Å². The Kier molecular flexibility index (Phi) is 8.33. The molecule has 0 spiro atoms. The lowest BCUT2D eigenvalue weighted by Crippen LogP contribution is -2.18. The van der Waals surface area contributed by atoms with E-state index in [1.165, 1.54) is 26.2 Å². The second kappa shape index (κ2) is 9.25. The molecule has 1 heterocycles. The van der Waals surface area contributed by atoms with Crippen molar-refractivity contribution in [3.05, 3.63) is 17.5 Å². The number of aliphatic hydroxyl groups excluding tert-OH is 1. The molecule has 0 aliphatic heterocycles. The first-order valence-corrected chi connectivity index (χ1v) is 5.73. The predicted molar refractivity (Wildman–Crippen MR) is 68.6 cm³/mol. The number of terminal acetylenes is 1. The number of amides is 1. The van der Waals surface area contributed by atoms with Crippen molar-refractivity contribution >= 4 is 5.91 Å². The zero-order valence-electron chi connectivity index (χ0n) is 10.8. The highest BCUT2D eigenvalue weighted by Gasteiger charge is 2.22. The van der Waals surface area contributed by atoms with Crippen LogP contribution in [-0.2, 0) is 11.3 Å². The summed E-state index contributed by atoms with van der Waals surface area (Å²) in [5.41, 5.74) is 1.04. The number of hydrogen-bond acceptors (Lipinski definition) is 4. The SMILES string of the molecule is C#C.CC(=O)NCc1cc(C2CCC2)no1.CO. The van der Waals surface area contributed by atoms with E-state index in [1.54, 1.807) is 0 Å². The summed E-state index contributed by atoms with van der Waals surface area (Å²) in [5, 5.41) is 13.7. The number of hydrogen-bond donors (Lipinski definition) is 2. The lowest BCUT2D eigenvalue weighted by Gasteiger charge is -2.22. The lowest BCUT2D eigenvalue weighted by atomic mass is 9.83. The molecule has 0 unspecified atom stereocenters. The number of rotatable bonds is 3. The minimum atomic E-state index is -0.0494. The molecule has 1 saturated carbocycles. The van der Waals surface area contributed by atoms with Gasteiger partial charge in [-0.3, -0.25) is 4.79 Å². The molecule has 100 valence electrons. The maximum atomic E-state index is 10.7. The second-order valence-corrected chi connectivity index (χ2v) is 3.76. The standard InChI is InChI=1S/C10H14N2O2.C2H2.CH4O/c1-7(13)11-6-9-5-10(12-14-9)8-3-2-4-8;2*1-2/h5,8H,2-4,6H2,1H3,(H,11,13);1-2H;2H,1H3. The summed E-state index contributed by atoms with van der Waals surface area (Å²) in [6, 6.07) is 1.94. The summed E-state index contributed by atoms with van der Waals surface area (Å²) >= 11 is 0. The van der Waals surface area contributed by atoms with Gasteiger partial charge in [-0.25, -0.2) is 0 Å². The Labute approximate surface area is 108 Å². The molecule has 1 amide bonds. The first kappa shape index (κ1) is 16.2. The van der Waals surface area contributed by atoms with Gasteiger partial charge in [0.25, 0.3) is 0 Å². The van der Waals surface area contributed by atoms with Crippen LogP contribution >= 0.6 is 0 Å². The fourth-order valence-electron chi connectivity index (χ4n) is 1.52. The van der Waals surface area contributed by atoms with Crippen molar-refractivity contribution in [2.45, 2.75) is 38.6 Å². The van der Waals surface area contributed by atoms with Gasteiger partial charge in [0.1, 0.15) is 0 Å².